The molecular weight excluding hydrogens is 298 g/mol. The fourth-order valence-corrected chi connectivity index (χ4v) is 2.01. The van der Waals surface area contributed by atoms with E-state index in [2.05, 4.69) is 11.8 Å². The number of rotatable bonds is 6. The fraction of sp³-hybridized carbons (Fsp3) is 0.167. The highest BCUT2D eigenvalue weighted by molar-refractivity contribution is 5.52. The van der Waals surface area contributed by atoms with Crippen molar-refractivity contribution in [1.82, 2.24) is 0 Å². The molecule has 0 atom stereocenters. The molecule has 0 unspecified atom stereocenters. The maximum atomic E-state index is 14.2. The average Bonchev–Trinajstić information content (AvgIpc) is 2.53. The summed E-state index contributed by atoms with van der Waals surface area (Å²) in [7, 11) is 0. The van der Waals surface area contributed by atoms with Gasteiger partial charge in [-0.2, -0.15) is 5.10 Å². The molecule has 0 spiro atoms. The number of aryl methyl sites for hydroxylation is 1. The quantitative estimate of drug-likeness (QED) is 0.564. The lowest BCUT2D eigenvalue weighted by atomic mass is 10.2. The average molecular weight is 316 g/mol. The Hall–Kier alpha value is -2.69. The number of ether oxygens (including phenoxy) is 1. The molecule has 0 bridgehead atoms. The van der Waals surface area contributed by atoms with Crippen molar-refractivity contribution < 1.29 is 13.5 Å². The second-order valence-corrected chi connectivity index (χ2v) is 4.96. The summed E-state index contributed by atoms with van der Waals surface area (Å²) < 4.78 is 33.8. The van der Waals surface area contributed by atoms with Gasteiger partial charge in [-0.3, -0.25) is 0 Å². The SMILES string of the molecule is C=NN(/C=C\C)c1cc(F)c(COc2ccc(C)cc2)c(F)c1. The minimum atomic E-state index is -0.690. The van der Waals surface area contributed by atoms with Crippen LogP contribution in [-0.2, 0) is 6.61 Å². The second-order valence-electron chi connectivity index (χ2n) is 4.96. The first kappa shape index (κ1) is 16.7. The molecule has 0 aliphatic heterocycles. The number of nitrogens with zero attached hydrogens (tertiary/aromatic N) is 2. The Morgan fingerprint density at radius 2 is 1.78 bits per heavy atom. The molecule has 0 aromatic heterocycles. The van der Waals surface area contributed by atoms with E-state index >= 15 is 0 Å². The predicted molar refractivity (Wildman–Crippen MR) is 88.7 cm³/mol. The smallest absolute Gasteiger partial charge is 0.134 e. The molecule has 0 saturated heterocycles. The first-order chi connectivity index (χ1) is 11.0. The van der Waals surface area contributed by atoms with Crippen molar-refractivity contribution in [3.63, 3.8) is 0 Å². The standard InChI is InChI=1S/C18H18F2N2O/c1-4-9-22(21-3)14-10-17(19)16(18(20)11-14)12-23-15-7-5-13(2)6-8-15/h4-11H,3,12H2,1-2H3/b9-4-. The van der Waals surface area contributed by atoms with Crippen LogP contribution in [-0.4, -0.2) is 6.72 Å². The lowest BCUT2D eigenvalue weighted by Gasteiger charge is -2.15. The summed E-state index contributed by atoms with van der Waals surface area (Å²) >= 11 is 0. The molecule has 0 saturated carbocycles. The second kappa shape index (κ2) is 7.54. The van der Waals surface area contributed by atoms with Crippen molar-refractivity contribution in [2.45, 2.75) is 20.5 Å². The van der Waals surface area contributed by atoms with Crippen molar-refractivity contribution >= 4 is 12.4 Å². The van der Waals surface area contributed by atoms with E-state index in [1.165, 1.54) is 17.1 Å². The van der Waals surface area contributed by atoms with Crippen LogP contribution in [0.2, 0.25) is 0 Å². The third-order valence-electron chi connectivity index (χ3n) is 3.24. The molecule has 2 aromatic rings. The molecule has 0 aliphatic carbocycles. The zero-order valence-corrected chi connectivity index (χ0v) is 13.1. The van der Waals surface area contributed by atoms with Gasteiger partial charge in [0.15, 0.2) is 0 Å². The first-order valence-electron chi connectivity index (χ1n) is 7.11. The van der Waals surface area contributed by atoms with E-state index in [0.717, 1.165) is 5.56 Å². The number of hydrazone groups is 1. The van der Waals surface area contributed by atoms with Gasteiger partial charge in [0.05, 0.1) is 11.3 Å². The van der Waals surface area contributed by atoms with Crippen LogP contribution < -0.4 is 9.75 Å². The first-order valence-corrected chi connectivity index (χ1v) is 7.11. The van der Waals surface area contributed by atoms with E-state index in [1.807, 2.05) is 19.1 Å². The molecule has 0 heterocycles. The third kappa shape index (κ3) is 4.16. The van der Waals surface area contributed by atoms with Crippen molar-refractivity contribution in [2.75, 3.05) is 5.01 Å². The van der Waals surface area contributed by atoms with Crippen LogP contribution in [0.3, 0.4) is 0 Å². The Morgan fingerprint density at radius 1 is 1.17 bits per heavy atom. The fourth-order valence-electron chi connectivity index (χ4n) is 2.01. The minimum absolute atomic E-state index is 0.126. The van der Waals surface area contributed by atoms with Crippen LogP contribution in [0.4, 0.5) is 14.5 Å². The van der Waals surface area contributed by atoms with Crippen LogP contribution in [0.25, 0.3) is 0 Å². The maximum Gasteiger partial charge on any atom is 0.134 e. The topological polar surface area (TPSA) is 24.8 Å². The molecule has 2 rings (SSSR count). The van der Waals surface area contributed by atoms with Crippen molar-refractivity contribution in [3.8, 4) is 5.75 Å². The Labute approximate surface area is 134 Å². The van der Waals surface area contributed by atoms with Crippen LogP contribution in [0.1, 0.15) is 18.1 Å². The predicted octanol–water partition coefficient (Wildman–Crippen LogP) is 4.81. The summed E-state index contributed by atoms with van der Waals surface area (Å²) in [5.41, 5.74) is 1.21. The van der Waals surface area contributed by atoms with E-state index in [0.29, 0.717) is 5.75 Å². The number of hydrogen-bond acceptors (Lipinski definition) is 3. The molecule has 0 radical (unpaired) electrons. The number of halogens is 2. The zero-order valence-electron chi connectivity index (χ0n) is 13.1. The summed E-state index contributed by atoms with van der Waals surface area (Å²) in [5, 5.41) is 4.98. The van der Waals surface area contributed by atoms with Crippen molar-refractivity contribution in [2.24, 2.45) is 5.10 Å². The Morgan fingerprint density at radius 3 is 2.30 bits per heavy atom. The molecule has 3 nitrogen and oxygen atoms in total. The summed E-state index contributed by atoms with van der Waals surface area (Å²) in [6.45, 7) is 6.91. The van der Waals surface area contributed by atoms with Crippen LogP contribution in [0.5, 0.6) is 5.75 Å². The highest BCUT2D eigenvalue weighted by atomic mass is 19.1. The molecule has 23 heavy (non-hydrogen) atoms. The van der Waals surface area contributed by atoms with Gasteiger partial charge in [-0.15, -0.1) is 0 Å². The maximum absolute atomic E-state index is 14.2. The van der Waals surface area contributed by atoms with E-state index in [4.69, 9.17) is 4.74 Å². The molecule has 0 aliphatic rings. The number of allylic oxidation sites excluding steroid dienone is 1. The van der Waals surface area contributed by atoms with Gasteiger partial charge in [0, 0.05) is 25.1 Å². The van der Waals surface area contributed by atoms with Crippen molar-refractivity contribution in [1.29, 1.82) is 0 Å². The Balaban J connectivity index is 2.19. The molecule has 0 N–H and O–H groups in total. The molecule has 120 valence electrons. The number of anilines is 1. The Bertz CT molecular complexity index is 688. The van der Waals surface area contributed by atoms with Crippen LogP contribution in [0, 0.1) is 18.6 Å². The van der Waals surface area contributed by atoms with Gasteiger partial charge in [-0.05, 0) is 26.0 Å². The van der Waals surface area contributed by atoms with Gasteiger partial charge in [0.2, 0.25) is 0 Å². The summed E-state index contributed by atoms with van der Waals surface area (Å²) in [4.78, 5) is 0. The molecule has 0 fully saturated rings. The van der Waals surface area contributed by atoms with E-state index < -0.39 is 11.6 Å². The van der Waals surface area contributed by atoms with Crippen molar-refractivity contribution in [3.05, 3.63) is 71.4 Å². The minimum Gasteiger partial charge on any atom is -0.489 e. The van der Waals surface area contributed by atoms with Gasteiger partial charge in [-0.1, -0.05) is 23.8 Å². The highest BCUT2D eigenvalue weighted by Crippen LogP contribution is 2.24. The van der Waals surface area contributed by atoms with Gasteiger partial charge in [-0.25, -0.2) is 13.8 Å². The summed E-state index contributed by atoms with van der Waals surface area (Å²) in [6, 6.07) is 9.66. The van der Waals surface area contributed by atoms with Crippen LogP contribution in [0.15, 0.2) is 53.8 Å². The summed E-state index contributed by atoms with van der Waals surface area (Å²) in [5.74, 6) is -0.822. The van der Waals surface area contributed by atoms with E-state index in [9.17, 15) is 8.78 Å². The molecular formula is C18H18F2N2O. The number of benzene rings is 2. The zero-order chi connectivity index (χ0) is 16.8. The third-order valence-corrected chi connectivity index (χ3v) is 3.24. The number of hydrogen-bond donors (Lipinski definition) is 0. The largest absolute Gasteiger partial charge is 0.489 e. The Kier molecular flexibility index (Phi) is 5.46. The van der Waals surface area contributed by atoms with E-state index in [-0.39, 0.29) is 17.9 Å². The molecule has 5 heteroatoms. The lowest BCUT2D eigenvalue weighted by molar-refractivity contribution is 0.292. The molecule has 2 aromatic carbocycles. The van der Waals surface area contributed by atoms with E-state index in [1.54, 1.807) is 31.3 Å². The van der Waals surface area contributed by atoms with Gasteiger partial charge in [0.25, 0.3) is 0 Å². The highest BCUT2D eigenvalue weighted by Gasteiger charge is 2.14. The van der Waals surface area contributed by atoms with Crippen LogP contribution >= 0.6 is 0 Å². The summed E-state index contributed by atoms with van der Waals surface area (Å²) in [6.07, 6.45) is 3.25. The molecule has 0 amide bonds. The van der Waals surface area contributed by atoms with Gasteiger partial charge in [0.1, 0.15) is 24.0 Å². The van der Waals surface area contributed by atoms with Gasteiger partial charge < -0.3 is 4.74 Å². The van der Waals surface area contributed by atoms with Gasteiger partial charge >= 0.3 is 0 Å². The monoisotopic (exact) mass is 316 g/mol. The lowest BCUT2D eigenvalue weighted by Crippen LogP contribution is -2.09. The normalized spacial score (nSPS) is 10.8.